The van der Waals surface area contributed by atoms with Crippen LogP contribution in [0, 0.1) is 0 Å². The second kappa shape index (κ2) is 6.53. The molecule has 0 bridgehead atoms. The lowest BCUT2D eigenvalue weighted by Crippen LogP contribution is -2.22. The minimum Gasteiger partial charge on any atom is -0.316 e. The molecule has 3 nitrogen and oxygen atoms in total. The van der Waals surface area contributed by atoms with Gasteiger partial charge in [-0.05, 0) is 31.8 Å². The van der Waals surface area contributed by atoms with Crippen LogP contribution in [0.15, 0.2) is 18.3 Å². The van der Waals surface area contributed by atoms with E-state index in [0.717, 1.165) is 31.9 Å². The standard InChI is InChI=1S/C12H21N3/c1-4-15(5-2)10-12-7-6-11(8-13-3)9-14-12/h6-7,9,13H,4-5,8,10H2,1-3H3. The molecular formula is C12H21N3. The maximum Gasteiger partial charge on any atom is 0.0544 e. The average Bonchev–Trinajstić information content (AvgIpc) is 2.28. The van der Waals surface area contributed by atoms with Crippen LogP contribution in [-0.4, -0.2) is 30.0 Å². The molecule has 0 radical (unpaired) electrons. The third-order valence-electron chi connectivity index (χ3n) is 2.55. The molecule has 0 aliphatic carbocycles. The van der Waals surface area contributed by atoms with Crippen LogP contribution in [0.2, 0.25) is 0 Å². The first kappa shape index (κ1) is 12.1. The van der Waals surface area contributed by atoms with Crippen molar-refractivity contribution in [1.29, 1.82) is 0 Å². The summed E-state index contributed by atoms with van der Waals surface area (Å²) in [5, 5.41) is 3.12. The summed E-state index contributed by atoms with van der Waals surface area (Å²) in [5.41, 5.74) is 2.39. The van der Waals surface area contributed by atoms with Gasteiger partial charge in [-0.25, -0.2) is 0 Å². The van der Waals surface area contributed by atoms with Gasteiger partial charge in [-0.1, -0.05) is 19.9 Å². The quantitative estimate of drug-likeness (QED) is 0.768. The summed E-state index contributed by atoms with van der Waals surface area (Å²) < 4.78 is 0. The molecule has 0 atom stereocenters. The first-order valence-electron chi connectivity index (χ1n) is 5.60. The zero-order valence-corrected chi connectivity index (χ0v) is 9.95. The van der Waals surface area contributed by atoms with Crippen LogP contribution in [0.4, 0.5) is 0 Å². The fourth-order valence-electron chi connectivity index (χ4n) is 1.53. The highest BCUT2D eigenvalue weighted by atomic mass is 15.1. The second-order valence-corrected chi connectivity index (χ2v) is 3.65. The van der Waals surface area contributed by atoms with Gasteiger partial charge in [0.15, 0.2) is 0 Å². The van der Waals surface area contributed by atoms with E-state index in [1.165, 1.54) is 5.56 Å². The van der Waals surface area contributed by atoms with Crippen LogP contribution in [-0.2, 0) is 13.1 Å². The van der Waals surface area contributed by atoms with Crippen molar-refractivity contribution in [3.63, 3.8) is 0 Å². The number of pyridine rings is 1. The van der Waals surface area contributed by atoms with Gasteiger partial charge in [0.25, 0.3) is 0 Å². The summed E-state index contributed by atoms with van der Waals surface area (Å²) in [7, 11) is 1.95. The van der Waals surface area contributed by atoms with Crippen molar-refractivity contribution < 1.29 is 0 Å². The van der Waals surface area contributed by atoms with Gasteiger partial charge in [-0.15, -0.1) is 0 Å². The van der Waals surface area contributed by atoms with Gasteiger partial charge in [0.2, 0.25) is 0 Å². The summed E-state index contributed by atoms with van der Waals surface area (Å²) in [6.45, 7) is 8.36. The van der Waals surface area contributed by atoms with Crippen molar-refractivity contribution >= 4 is 0 Å². The summed E-state index contributed by atoms with van der Waals surface area (Å²) in [4.78, 5) is 6.81. The van der Waals surface area contributed by atoms with Crippen LogP contribution in [0.3, 0.4) is 0 Å². The van der Waals surface area contributed by atoms with Crippen molar-refractivity contribution in [1.82, 2.24) is 15.2 Å². The van der Waals surface area contributed by atoms with Crippen molar-refractivity contribution in [3.05, 3.63) is 29.6 Å². The molecule has 0 spiro atoms. The van der Waals surface area contributed by atoms with Crippen molar-refractivity contribution in [2.45, 2.75) is 26.9 Å². The highest BCUT2D eigenvalue weighted by Gasteiger charge is 2.01. The molecule has 1 rings (SSSR count). The lowest BCUT2D eigenvalue weighted by Gasteiger charge is -2.17. The molecule has 0 aliphatic heterocycles. The Bertz CT molecular complexity index is 265. The van der Waals surface area contributed by atoms with E-state index >= 15 is 0 Å². The van der Waals surface area contributed by atoms with Crippen LogP contribution in [0.25, 0.3) is 0 Å². The zero-order chi connectivity index (χ0) is 11.1. The molecule has 3 heteroatoms. The fraction of sp³-hybridized carbons (Fsp3) is 0.583. The molecule has 0 saturated carbocycles. The monoisotopic (exact) mass is 207 g/mol. The zero-order valence-electron chi connectivity index (χ0n) is 9.95. The topological polar surface area (TPSA) is 28.2 Å². The number of aromatic nitrogens is 1. The number of nitrogens with one attached hydrogen (secondary N) is 1. The Morgan fingerprint density at radius 3 is 2.47 bits per heavy atom. The molecule has 0 aromatic carbocycles. The molecule has 15 heavy (non-hydrogen) atoms. The van der Waals surface area contributed by atoms with Crippen LogP contribution >= 0.6 is 0 Å². The molecule has 1 heterocycles. The summed E-state index contributed by atoms with van der Waals surface area (Å²) in [5.74, 6) is 0. The summed E-state index contributed by atoms with van der Waals surface area (Å²) in [6.07, 6.45) is 1.95. The lowest BCUT2D eigenvalue weighted by molar-refractivity contribution is 0.292. The SMILES string of the molecule is CCN(CC)Cc1ccc(CNC)cn1. The first-order chi connectivity index (χ1) is 7.30. The smallest absolute Gasteiger partial charge is 0.0544 e. The van der Waals surface area contributed by atoms with Gasteiger partial charge in [-0.3, -0.25) is 9.88 Å². The highest BCUT2D eigenvalue weighted by Crippen LogP contribution is 2.03. The van der Waals surface area contributed by atoms with Crippen LogP contribution < -0.4 is 5.32 Å². The van der Waals surface area contributed by atoms with Gasteiger partial charge in [0.1, 0.15) is 0 Å². The predicted octanol–water partition coefficient (Wildman–Crippen LogP) is 1.64. The third-order valence-corrected chi connectivity index (χ3v) is 2.55. The van der Waals surface area contributed by atoms with Crippen molar-refractivity contribution in [2.24, 2.45) is 0 Å². The molecule has 84 valence electrons. The third kappa shape index (κ3) is 3.98. The van der Waals surface area contributed by atoms with Gasteiger partial charge < -0.3 is 5.32 Å². The summed E-state index contributed by atoms with van der Waals surface area (Å²) in [6, 6.07) is 4.26. The Kier molecular flexibility index (Phi) is 5.29. The van der Waals surface area contributed by atoms with Gasteiger partial charge in [0.05, 0.1) is 5.69 Å². The highest BCUT2D eigenvalue weighted by molar-refractivity contribution is 5.13. The predicted molar refractivity (Wildman–Crippen MR) is 63.6 cm³/mol. The van der Waals surface area contributed by atoms with E-state index in [9.17, 15) is 0 Å². The Morgan fingerprint density at radius 2 is 2.00 bits per heavy atom. The summed E-state index contributed by atoms with van der Waals surface area (Å²) >= 11 is 0. The van der Waals surface area contributed by atoms with Crippen LogP contribution in [0.5, 0.6) is 0 Å². The minimum absolute atomic E-state index is 0.887. The maximum atomic E-state index is 4.45. The molecule has 0 fully saturated rings. The normalized spacial score (nSPS) is 10.9. The maximum absolute atomic E-state index is 4.45. The van der Waals surface area contributed by atoms with E-state index in [4.69, 9.17) is 0 Å². The number of nitrogens with zero attached hydrogens (tertiary/aromatic N) is 2. The molecule has 1 N–H and O–H groups in total. The molecule has 0 amide bonds. The Labute approximate surface area is 92.5 Å². The molecule has 0 aliphatic rings. The molecule has 0 unspecified atom stereocenters. The Balaban J connectivity index is 2.55. The number of hydrogen-bond donors (Lipinski definition) is 1. The average molecular weight is 207 g/mol. The van der Waals surface area contributed by atoms with Crippen molar-refractivity contribution in [3.8, 4) is 0 Å². The largest absolute Gasteiger partial charge is 0.316 e. The van der Waals surface area contributed by atoms with Gasteiger partial charge >= 0.3 is 0 Å². The first-order valence-corrected chi connectivity index (χ1v) is 5.60. The number of rotatable bonds is 6. The number of hydrogen-bond acceptors (Lipinski definition) is 3. The van der Waals surface area contributed by atoms with E-state index in [-0.39, 0.29) is 0 Å². The Morgan fingerprint density at radius 1 is 1.27 bits per heavy atom. The second-order valence-electron chi connectivity index (χ2n) is 3.65. The lowest BCUT2D eigenvalue weighted by atomic mass is 10.2. The van der Waals surface area contributed by atoms with E-state index in [1.807, 2.05) is 13.2 Å². The van der Waals surface area contributed by atoms with Crippen LogP contribution in [0.1, 0.15) is 25.1 Å². The van der Waals surface area contributed by atoms with Gasteiger partial charge in [-0.2, -0.15) is 0 Å². The Hall–Kier alpha value is -0.930. The van der Waals surface area contributed by atoms with E-state index in [1.54, 1.807) is 0 Å². The molecule has 0 saturated heterocycles. The van der Waals surface area contributed by atoms with Crippen molar-refractivity contribution in [2.75, 3.05) is 20.1 Å². The van der Waals surface area contributed by atoms with Gasteiger partial charge in [0, 0.05) is 19.3 Å². The van der Waals surface area contributed by atoms with E-state index in [0.29, 0.717) is 0 Å². The molecular weight excluding hydrogens is 186 g/mol. The van der Waals surface area contributed by atoms with E-state index < -0.39 is 0 Å². The van der Waals surface area contributed by atoms with E-state index in [2.05, 4.69) is 41.2 Å². The molecule has 1 aromatic heterocycles. The molecule has 1 aromatic rings. The fourth-order valence-corrected chi connectivity index (χ4v) is 1.53. The minimum atomic E-state index is 0.887.